The SMILES string of the molecule is CCC(C)C(NC(=O)C(N)Cc1c[nH]c2ccccc12)C(=O)NCC(=O)NC(CCC(N)=O)C(=O)O. The lowest BCUT2D eigenvalue weighted by molar-refractivity contribution is -0.142. The molecular formula is C24H34N6O6. The molecule has 0 aliphatic heterocycles. The summed E-state index contributed by atoms with van der Waals surface area (Å²) in [6.07, 6.45) is 2.23. The van der Waals surface area contributed by atoms with Gasteiger partial charge in [0.15, 0.2) is 0 Å². The third-order valence-electron chi connectivity index (χ3n) is 5.98. The van der Waals surface area contributed by atoms with Crippen LogP contribution in [0.1, 0.15) is 38.7 Å². The van der Waals surface area contributed by atoms with Gasteiger partial charge >= 0.3 is 5.97 Å². The van der Waals surface area contributed by atoms with Gasteiger partial charge in [-0.15, -0.1) is 0 Å². The highest BCUT2D eigenvalue weighted by Gasteiger charge is 2.29. The topological polar surface area (TPSA) is 209 Å². The standard InChI is InChI=1S/C24H34N6O6/c1-3-13(2)21(23(34)28-12-20(32)29-18(24(35)36)8-9-19(26)31)30-22(33)16(25)10-14-11-27-17-7-5-4-6-15(14)17/h4-7,11,13,16,18,21,27H,3,8-10,12,25H2,1-2H3,(H2,26,31)(H,28,34)(H,29,32)(H,30,33)(H,35,36). The monoisotopic (exact) mass is 502 g/mol. The van der Waals surface area contributed by atoms with Gasteiger partial charge in [0.05, 0.1) is 12.6 Å². The van der Waals surface area contributed by atoms with Crippen LogP contribution < -0.4 is 27.4 Å². The number of rotatable bonds is 14. The molecular weight excluding hydrogens is 468 g/mol. The first-order valence-electron chi connectivity index (χ1n) is 11.7. The van der Waals surface area contributed by atoms with Crippen LogP contribution in [0, 0.1) is 5.92 Å². The van der Waals surface area contributed by atoms with Gasteiger partial charge in [-0.05, 0) is 30.4 Å². The van der Waals surface area contributed by atoms with E-state index in [0.717, 1.165) is 16.5 Å². The number of fused-ring (bicyclic) bond motifs is 1. The summed E-state index contributed by atoms with van der Waals surface area (Å²) in [5.41, 5.74) is 13.0. The molecule has 0 bridgehead atoms. The Balaban J connectivity index is 1.96. The molecule has 4 atom stereocenters. The van der Waals surface area contributed by atoms with E-state index in [4.69, 9.17) is 11.5 Å². The molecule has 0 saturated heterocycles. The predicted octanol–water partition coefficient (Wildman–Crippen LogP) is -0.480. The van der Waals surface area contributed by atoms with Crippen LogP contribution in [0.5, 0.6) is 0 Å². The number of nitrogens with two attached hydrogens (primary N) is 2. The molecule has 0 saturated carbocycles. The normalized spacial score (nSPS) is 14.3. The van der Waals surface area contributed by atoms with Crippen molar-refractivity contribution < 1.29 is 29.1 Å². The van der Waals surface area contributed by atoms with E-state index in [-0.39, 0.29) is 25.2 Å². The Morgan fingerprint density at radius 2 is 1.78 bits per heavy atom. The van der Waals surface area contributed by atoms with Crippen LogP contribution >= 0.6 is 0 Å². The van der Waals surface area contributed by atoms with Crippen molar-refractivity contribution >= 4 is 40.5 Å². The third-order valence-corrected chi connectivity index (χ3v) is 5.98. The molecule has 0 fully saturated rings. The minimum atomic E-state index is -1.33. The highest BCUT2D eigenvalue weighted by atomic mass is 16.4. The summed E-state index contributed by atoms with van der Waals surface area (Å²) in [4.78, 5) is 63.1. The van der Waals surface area contributed by atoms with Crippen LogP contribution in [0.4, 0.5) is 0 Å². The second-order valence-corrected chi connectivity index (χ2v) is 8.72. The number of nitrogens with one attached hydrogen (secondary N) is 4. The van der Waals surface area contributed by atoms with Gasteiger partial charge in [-0.1, -0.05) is 38.5 Å². The minimum Gasteiger partial charge on any atom is -0.480 e. The number of primary amides is 1. The summed E-state index contributed by atoms with van der Waals surface area (Å²) in [7, 11) is 0. The molecule has 0 aliphatic rings. The van der Waals surface area contributed by atoms with E-state index in [0.29, 0.717) is 6.42 Å². The van der Waals surface area contributed by atoms with Crippen molar-refractivity contribution in [3.8, 4) is 0 Å². The fourth-order valence-electron chi connectivity index (χ4n) is 3.66. The van der Waals surface area contributed by atoms with Crippen LogP contribution in [0.3, 0.4) is 0 Å². The Morgan fingerprint density at radius 1 is 1.08 bits per heavy atom. The number of carboxylic acids is 1. The molecule has 4 unspecified atom stereocenters. The zero-order valence-corrected chi connectivity index (χ0v) is 20.4. The quantitative estimate of drug-likeness (QED) is 0.180. The summed E-state index contributed by atoms with van der Waals surface area (Å²) in [5, 5.41) is 17.5. The molecule has 196 valence electrons. The van der Waals surface area contributed by atoms with Gasteiger partial charge in [-0.2, -0.15) is 0 Å². The Kier molecular flexibility index (Phi) is 10.4. The van der Waals surface area contributed by atoms with Gasteiger partial charge in [-0.25, -0.2) is 4.79 Å². The highest BCUT2D eigenvalue weighted by molar-refractivity contribution is 5.93. The van der Waals surface area contributed by atoms with Crippen LogP contribution in [0.2, 0.25) is 0 Å². The van der Waals surface area contributed by atoms with Gasteiger partial charge in [-0.3, -0.25) is 19.2 Å². The number of hydrogen-bond donors (Lipinski definition) is 7. The summed E-state index contributed by atoms with van der Waals surface area (Å²) >= 11 is 0. The first-order valence-corrected chi connectivity index (χ1v) is 11.7. The molecule has 9 N–H and O–H groups in total. The number of carboxylic acid groups (broad SMARTS) is 1. The number of carbonyl (C=O) groups is 5. The predicted molar refractivity (Wildman–Crippen MR) is 132 cm³/mol. The lowest BCUT2D eigenvalue weighted by Gasteiger charge is -2.25. The second kappa shape index (κ2) is 13.2. The number of aliphatic carboxylic acids is 1. The summed E-state index contributed by atoms with van der Waals surface area (Å²) < 4.78 is 0. The van der Waals surface area contributed by atoms with E-state index in [1.807, 2.05) is 31.2 Å². The largest absolute Gasteiger partial charge is 0.480 e. The first-order chi connectivity index (χ1) is 17.0. The van der Waals surface area contributed by atoms with Crippen molar-refractivity contribution in [2.24, 2.45) is 17.4 Å². The lowest BCUT2D eigenvalue weighted by Crippen LogP contribution is -2.56. The molecule has 0 aliphatic carbocycles. The van der Waals surface area contributed by atoms with Gasteiger partial charge in [0.1, 0.15) is 12.1 Å². The van der Waals surface area contributed by atoms with Crippen LogP contribution in [-0.4, -0.2) is 64.4 Å². The zero-order valence-electron chi connectivity index (χ0n) is 20.4. The molecule has 2 aromatic rings. The number of carbonyl (C=O) groups excluding carboxylic acids is 4. The molecule has 4 amide bonds. The number of amides is 4. The Hall–Kier alpha value is -3.93. The third kappa shape index (κ3) is 8.08. The number of H-pyrrole nitrogens is 1. The highest BCUT2D eigenvalue weighted by Crippen LogP contribution is 2.19. The van der Waals surface area contributed by atoms with Crippen LogP contribution in [-0.2, 0) is 30.4 Å². The average molecular weight is 503 g/mol. The summed E-state index contributed by atoms with van der Waals surface area (Å²) in [5.74, 6) is -4.16. The maximum absolute atomic E-state index is 12.8. The number of benzene rings is 1. The number of hydrogen-bond acceptors (Lipinski definition) is 6. The van der Waals surface area contributed by atoms with Crippen molar-refractivity contribution in [2.45, 2.75) is 57.7 Å². The molecule has 36 heavy (non-hydrogen) atoms. The number of aromatic nitrogens is 1. The number of aromatic amines is 1. The van der Waals surface area contributed by atoms with E-state index < -0.39 is 54.3 Å². The summed E-state index contributed by atoms with van der Waals surface area (Å²) in [6, 6.07) is 4.45. The fraction of sp³-hybridized carbons (Fsp3) is 0.458. The van der Waals surface area contributed by atoms with Gasteiger partial charge in [0.25, 0.3) is 0 Å². The van der Waals surface area contributed by atoms with Crippen molar-refractivity contribution in [3.05, 3.63) is 36.0 Å². The van der Waals surface area contributed by atoms with Crippen molar-refractivity contribution in [1.82, 2.24) is 20.9 Å². The number of para-hydroxylation sites is 1. The molecule has 12 nitrogen and oxygen atoms in total. The van der Waals surface area contributed by atoms with Gasteiger partial charge in [0, 0.05) is 23.5 Å². The molecule has 0 spiro atoms. The van der Waals surface area contributed by atoms with Gasteiger partial charge < -0.3 is 37.5 Å². The minimum absolute atomic E-state index is 0.176. The smallest absolute Gasteiger partial charge is 0.326 e. The van der Waals surface area contributed by atoms with E-state index >= 15 is 0 Å². The maximum Gasteiger partial charge on any atom is 0.326 e. The van der Waals surface area contributed by atoms with E-state index in [9.17, 15) is 29.1 Å². The lowest BCUT2D eigenvalue weighted by atomic mass is 9.97. The molecule has 12 heteroatoms. The van der Waals surface area contributed by atoms with Gasteiger partial charge in [0.2, 0.25) is 23.6 Å². The first kappa shape index (κ1) is 28.3. The Labute approximate surface area is 208 Å². The van der Waals surface area contributed by atoms with Crippen molar-refractivity contribution in [1.29, 1.82) is 0 Å². The van der Waals surface area contributed by atoms with E-state index in [1.165, 1.54) is 0 Å². The van der Waals surface area contributed by atoms with E-state index in [2.05, 4.69) is 20.9 Å². The Morgan fingerprint density at radius 3 is 2.42 bits per heavy atom. The molecule has 1 aromatic carbocycles. The molecule has 1 aromatic heterocycles. The molecule has 2 rings (SSSR count). The molecule has 1 heterocycles. The Bertz CT molecular complexity index is 1100. The zero-order chi connectivity index (χ0) is 26.8. The van der Waals surface area contributed by atoms with E-state index in [1.54, 1.807) is 13.1 Å². The molecule has 0 radical (unpaired) electrons. The fourth-order valence-corrected chi connectivity index (χ4v) is 3.66. The van der Waals surface area contributed by atoms with Crippen molar-refractivity contribution in [2.75, 3.05) is 6.54 Å². The second-order valence-electron chi connectivity index (χ2n) is 8.72. The maximum atomic E-state index is 12.8. The van der Waals surface area contributed by atoms with Crippen molar-refractivity contribution in [3.63, 3.8) is 0 Å². The summed E-state index contributed by atoms with van der Waals surface area (Å²) in [6.45, 7) is 3.12. The average Bonchev–Trinajstić information content (AvgIpc) is 3.25. The van der Waals surface area contributed by atoms with Crippen LogP contribution in [0.15, 0.2) is 30.5 Å². The van der Waals surface area contributed by atoms with Crippen LogP contribution in [0.25, 0.3) is 10.9 Å².